The van der Waals surface area contributed by atoms with Crippen LogP contribution in [0.3, 0.4) is 0 Å². The third kappa shape index (κ3) is 3.11. The lowest BCUT2D eigenvalue weighted by atomic mass is 10.1. The fourth-order valence-electron chi connectivity index (χ4n) is 2.69. The van der Waals surface area contributed by atoms with Gasteiger partial charge in [-0.05, 0) is 30.3 Å². The molecular weight excluding hydrogens is 372 g/mol. The normalized spacial score (nSPS) is 10.9. The van der Waals surface area contributed by atoms with E-state index in [4.69, 9.17) is 11.6 Å². The Bertz CT molecular complexity index is 1170. The second-order valence-corrected chi connectivity index (χ2v) is 6.06. The van der Waals surface area contributed by atoms with Crippen molar-refractivity contribution in [2.24, 2.45) is 0 Å². The van der Waals surface area contributed by atoms with Gasteiger partial charge in [0.15, 0.2) is 5.69 Å². The van der Waals surface area contributed by atoms with Crippen LogP contribution in [-0.2, 0) is 0 Å². The van der Waals surface area contributed by atoms with Gasteiger partial charge in [0.2, 0.25) is 0 Å². The molecule has 134 valence electrons. The molecule has 0 saturated carbocycles. The molecule has 2 heterocycles. The van der Waals surface area contributed by atoms with E-state index in [2.05, 4.69) is 20.6 Å². The van der Waals surface area contributed by atoms with Gasteiger partial charge in [-0.25, -0.2) is 4.68 Å². The van der Waals surface area contributed by atoms with Gasteiger partial charge in [0, 0.05) is 34.9 Å². The zero-order chi connectivity index (χ0) is 19.0. The Morgan fingerprint density at radius 3 is 2.85 bits per heavy atom. The summed E-state index contributed by atoms with van der Waals surface area (Å²) in [5, 5.41) is 25.4. The van der Waals surface area contributed by atoms with Crippen LogP contribution in [0.5, 0.6) is 0 Å². The molecule has 0 aliphatic carbocycles. The van der Waals surface area contributed by atoms with E-state index in [1.807, 2.05) is 0 Å². The Labute approximate surface area is 156 Å². The summed E-state index contributed by atoms with van der Waals surface area (Å²) in [5.41, 5.74) is 1.48. The number of hydrogen-bond acceptors (Lipinski definition) is 5. The number of anilines is 1. The maximum absolute atomic E-state index is 12.8. The molecule has 0 aliphatic heterocycles. The molecular formula is C17H11ClN6O3. The number of aromatic amines is 1. The zero-order valence-electron chi connectivity index (χ0n) is 13.6. The van der Waals surface area contributed by atoms with E-state index in [9.17, 15) is 14.9 Å². The van der Waals surface area contributed by atoms with Crippen LogP contribution in [0.15, 0.2) is 54.9 Å². The fourth-order valence-corrected chi connectivity index (χ4v) is 2.86. The minimum absolute atomic E-state index is 0.0418. The molecule has 0 spiro atoms. The van der Waals surface area contributed by atoms with Crippen molar-refractivity contribution >= 4 is 39.8 Å². The number of nitro benzene ring substituents is 1. The van der Waals surface area contributed by atoms with E-state index in [0.717, 1.165) is 0 Å². The topological polar surface area (TPSA) is 119 Å². The first-order valence-corrected chi connectivity index (χ1v) is 8.14. The van der Waals surface area contributed by atoms with Crippen molar-refractivity contribution in [2.75, 3.05) is 5.32 Å². The van der Waals surface area contributed by atoms with Gasteiger partial charge in [0.05, 0.1) is 21.8 Å². The number of H-pyrrole nitrogens is 1. The number of hydrogen-bond donors (Lipinski definition) is 2. The van der Waals surface area contributed by atoms with E-state index >= 15 is 0 Å². The molecule has 4 rings (SSSR count). The molecule has 0 unspecified atom stereocenters. The second-order valence-electron chi connectivity index (χ2n) is 5.63. The smallest absolute Gasteiger partial charge is 0.276 e. The number of amides is 1. The number of aromatic nitrogens is 4. The molecule has 0 aliphatic rings. The van der Waals surface area contributed by atoms with E-state index < -0.39 is 10.8 Å². The lowest BCUT2D eigenvalue weighted by molar-refractivity contribution is -0.384. The van der Waals surface area contributed by atoms with Crippen molar-refractivity contribution < 1.29 is 9.72 Å². The summed E-state index contributed by atoms with van der Waals surface area (Å²) >= 11 is 6.06. The molecule has 0 radical (unpaired) electrons. The average Bonchev–Trinajstić information content (AvgIpc) is 3.31. The van der Waals surface area contributed by atoms with Crippen molar-refractivity contribution in [3.05, 3.63) is 75.7 Å². The molecule has 4 aromatic rings. The average molecular weight is 383 g/mol. The van der Waals surface area contributed by atoms with E-state index in [1.165, 1.54) is 18.2 Å². The van der Waals surface area contributed by atoms with Crippen molar-refractivity contribution in [1.29, 1.82) is 0 Å². The van der Waals surface area contributed by atoms with Crippen LogP contribution >= 0.6 is 11.6 Å². The second kappa shape index (κ2) is 6.54. The minimum atomic E-state index is -0.530. The number of carbonyl (C=O) groups is 1. The highest BCUT2D eigenvalue weighted by Crippen LogP contribution is 2.26. The van der Waals surface area contributed by atoms with Crippen molar-refractivity contribution in [3.8, 4) is 5.69 Å². The SMILES string of the molecule is O=C(Nc1cc(Cl)ccc1-n1cccn1)c1n[nH]c2ccc([N+](=O)[O-])cc12. The zero-order valence-corrected chi connectivity index (χ0v) is 14.3. The summed E-state index contributed by atoms with van der Waals surface area (Å²) in [6, 6.07) is 10.9. The predicted octanol–water partition coefficient (Wildman–Crippen LogP) is 3.56. The molecule has 0 fully saturated rings. The van der Waals surface area contributed by atoms with Crippen LogP contribution in [0.1, 0.15) is 10.5 Å². The molecule has 0 saturated heterocycles. The van der Waals surface area contributed by atoms with Gasteiger partial charge in [0.1, 0.15) is 0 Å². The van der Waals surface area contributed by atoms with Gasteiger partial charge in [0.25, 0.3) is 11.6 Å². The number of fused-ring (bicyclic) bond motifs is 1. The van der Waals surface area contributed by atoms with Gasteiger partial charge < -0.3 is 5.32 Å². The Morgan fingerprint density at radius 2 is 2.11 bits per heavy atom. The Balaban J connectivity index is 1.73. The van der Waals surface area contributed by atoms with Gasteiger partial charge in [-0.1, -0.05) is 11.6 Å². The molecule has 2 aromatic heterocycles. The monoisotopic (exact) mass is 382 g/mol. The number of carbonyl (C=O) groups excluding carboxylic acids is 1. The predicted molar refractivity (Wildman–Crippen MR) is 99.3 cm³/mol. The summed E-state index contributed by atoms with van der Waals surface area (Å²) in [6.07, 6.45) is 3.34. The highest BCUT2D eigenvalue weighted by Gasteiger charge is 2.19. The summed E-state index contributed by atoms with van der Waals surface area (Å²) in [6.45, 7) is 0. The Hall–Kier alpha value is -3.72. The first-order valence-electron chi connectivity index (χ1n) is 7.76. The van der Waals surface area contributed by atoms with Gasteiger partial charge in [-0.3, -0.25) is 20.0 Å². The third-order valence-electron chi connectivity index (χ3n) is 3.93. The molecule has 0 bridgehead atoms. The molecule has 1 amide bonds. The lowest BCUT2D eigenvalue weighted by Gasteiger charge is -2.11. The number of nitrogens with one attached hydrogen (secondary N) is 2. The maximum Gasteiger partial charge on any atom is 0.276 e. The molecule has 2 N–H and O–H groups in total. The third-order valence-corrected chi connectivity index (χ3v) is 4.17. The molecule has 10 heteroatoms. The molecule has 27 heavy (non-hydrogen) atoms. The van der Waals surface area contributed by atoms with Crippen molar-refractivity contribution in [1.82, 2.24) is 20.0 Å². The van der Waals surface area contributed by atoms with Crippen LogP contribution in [0.2, 0.25) is 5.02 Å². The van der Waals surface area contributed by atoms with Crippen molar-refractivity contribution in [3.63, 3.8) is 0 Å². The number of benzene rings is 2. The van der Waals surface area contributed by atoms with Gasteiger partial charge >= 0.3 is 0 Å². The highest BCUT2D eigenvalue weighted by molar-refractivity contribution is 6.31. The van der Waals surface area contributed by atoms with Crippen LogP contribution < -0.4 is 5.32 Å². The van der Waals surface area contributed by atoms with E-state index in [0.29, 0.717) is 27.3 Å². The van der Waals surface area contributed by atoms with E-state index in [-0.39, 0.29) is 11.4 Å². The van der Waals surface area contributed by atoms with Crippen LogP contribution in [0, 0.1) is 10.1 Å². The van der Waals surface area contributed by atoms with E-state index in [1.54, 1.807) is 41.3 Å². The van der Waals surface area contributed by atoms with Crippen LogP contribution in [-0.4, -0.2) is 30.8 Å². The van der Waals surface area contributed by atoms with Gasteiger partial charge in [-0.15, -0.1) is 0 Å². The number of halogens is 1. The number of nitrogens with zero attached hydrogens (tertiary/aromatic N) is 4. The van der Waals surface area contributed by atoms with Crippen molar-refractivity contribution in [2.45, 2.75) is 0 Å². The Kier molecular flexibility index (Phi) is 4.05. The minimum Gasteiger partial charge on any atom is -0.319 e. The molecule has 9 nitrogen and oxygen atoms in total. The van der Waals surface area contributed by atoms with Crippen LogP contribution in [0.25, 0.3) is 16.6 Å². The summed E-state index contributed by atoms with van der Waals surface area (Å²) < 4.78 is 1.58. The largest absolute Gasteiger partial charge is 0.319 e. The van der Waals surface area contributed by atoms with Crippen LogP contribution in [0.4, 0.5) is 11.4 Å². The molecule has 2 aromatic carbocycles. The lowest BCUT2D eigenvalue weighted by Crippen LogP contribution is -2.15. The quantitative estimate of drug-likeness (QED) is 0.413. The summed E-state index contributed by atoms with van der Waals surface area (Å²) in [4.78, 5) is 23.2. The Morgan fingerprint density at radius 1 is 1.26 bits per heavy atom. The molecule has 0 atom stereocenters. The highest BCUT2D eigenvalue weighted by atomic mass is 35.5. The first-order chi connectivity index (χ1) is 13.0. The summed E-state index contributed by atoms with van der Waals surface area (Å²) in [7, 11) is 0. The first kappa shape index (κ1) is 16.7. The van der Waals surface area contributed by atoms with Gasteiger partial charge in [-0.2, -0.15) is 10.2 Å². The number of non-ortho nitro benzene ring substituents is 1. The number of rotatable bonds is 4. The fraction of sp³-hybridized carbons (Fsp3) is 0. The summed E-state index contributed by atoms with van der Waals surface area (Å²) in [5.74, 6) is -0.530. The standard InChI is InChI=1S/C17H11ClN6O3/c18-10-2-5-15(23-7-1-6-19-23)14(8-10)20-17(25)16-12-9-11(24(26)27)3-4-13(12)21-22-16/h1-9H,(H,20,25)(H,21,22). The number of nitro groups is 1. The maximum atomic E-state index is 12.8.